The van der Waals surface area contributed by atoms with Crippen LogP contribution in [0.25, 0.3) is 0 Å². The van der Waals surface area contributed by atoms with Gasteiger partial charge in [0.25, 0.3) is 0 Å². The average Bonchev–Trinajstić information content (AvgIpc) is 2.57. The van der Waals surface area contributed by atoms with Crippen molar-refractivity contribution in [2.75, 3.05) is 19.7 Å². The van der Waals surface area contributed by atoms with Crippen LogP contribution in [0.2, 0.25) is 0 Å². The fourth-order valence-electron chi connectivity index (χ4n) is 1.90. The van der Waals surface area contributed by atoms with Crippen molar-refractivity contribution < 1.29 is 15.0 Å². The van der Waals surface area contributed by atoms with Crippen molar-refractivity contribution >= 4 is 5.91 Å². The van der Waals surface area contributed by atoms with Crippen molar-refractivity contribution in [1.82, 2.24) is 10.2 Å². The first-order chi connectivity index (χ1) is 7.54. The molecule has 2 atom stereocenters. The molecule has 1 saturated heterocycles. The van der Waals surface area contributed by atoms with Crippen molar-refractivity contribution in [3.05, 3.63) is 0 Å². The van der Waals surface area contributed by atoms with E-state index in [-0.39, 0.29) is 18.6 Å². The lowest BCUT2D eigenvalue weighted by Crippen LogP contribution is -2.44. The van der Waals surface area contributed by atoms with Gasteiger partial charge in [-0.3, -0.25) is 4.79 Å². The third-order valence-corrected chi connectivity index (χ3v) is 2.83. The molecule has 1 amide bonds. The zero-order valence-corrected chi connectivity index (χ0v) is 10.0. The number of likely N-dealkylation sites (tertiary alicyclic amines) is 1. The van der Waals surface area contributed by atoms with Crippen LogP contribution in [-0.4, -0.2) is 58.9 Å². The van der Waals surface area contributed by atoms with Crippen LogP contribution in [-0.2, 0) is 4.79 Å². The van der Waals surface area contributed by atoms with Gasteiger partial charge < -0.3 is 20.4 Å². The molecular weight excluding hydrogens is 208 g/mol. The molecule has 0 saturated carbocycles. The van der Waals surface area contributed by atoms with Gasteiger partial charge in [-0.2, -0.15) is 0 Å². The van der Waals surface area contributed by atoms with Crippen LogP contribution >= 0.6 is 0 Å². The molecule has 3 N–H and O–H groups in total. The number of nitrogens with zero attached hydrogens (tertiary/aromatic N) is 1. The van der Waals surface area contributed by atoms with Crippen molar-refractivity contribution in [3.63, 3.8) is 0 Å². The van der Waals surface area contributed by atoms with Crippen LogP contribution in [0.5, 0.6) is 0 Å². The molecular formula is C11H22N2O3. The Morgan fingerprint density at radius 2 is 2.25 bits per heavy atom. The Morgan fingerprint density at radius 3 is 2.81 bits per heavy atom. The smallest absolute Gasteiger partial charge is 0.223 e. The number of carbonyl (C=O) groups excluding carboxylic acids is 1. The molecule has 0 aromatic heterocycles. The van der Waals surface area contributed by atoms with Crippen LogP contribution in [0, 0.1) is 0 Å². The van der Waals surface area contributed by atoms with Gasteiger partial charge in [0.15, 0.2) is 0 Å². The summed E-state index contributed by atoms with van der Waals surface area (Å²) in [7, 11) is 0. The monoisotopic (exact) mass is 230 g/mol. The number of hydrogen-bond acceptors (Lipinski definition) is 4. The molecule has 1 fully saturated rings. The molecule has 0 spiro atoms. The third kappa shape index (κ3) is 3.73. The number of β-amino-alcohol motifs (C(OH)–C–C–N with tert-alkyl or cyclic N) is 1. The van der Waals surface area contributed by atoms with Gasteiger partial charge in [-0.25, -0.2) is 0 Å². The van der Waals surface area contributed by atoms with Crippen LogP contribution < -0.4 is 5.32 Å². The Morgan fingerprint density at radius 1 is 1.56 bits per heavy atom. The fourth-order valence-corrected chi connectivity index (χ4v) is 1.90. The van der Waals surface area contributed by atoms with Gasteiger partial charge in [0.2, 0.25) is 5.91 Å². The maximum absolute atomic E-state index is 11.5. The molecule has 0 radical (unpaired) electrons. The first-order valence-electron chi connectivity index (χ1n) is 5.86. The Labute approximate surface area is 96.4 Å². The Hall–Kier alpha value is -0.650. The Kier molecular flexibility index (Phi) is 5.18. The van der Waals surface area contributed by atoms with E-state index in [9.17, 15) is 9.90 Å². The zero-order valence-electron chi connectivity index (χ0n) is 10.0. The molecule has 5 nitrogen and oxygen atoms in total. The molecule has 1 rings (SSSR count). The summed E-state index contributed by atoms with van der Waals surface area (Å²) in [5, 5.41) is 22.0. The highest BCUT2D eigenvalue weighted by molar-refractivity contribution is 5.78. The summed E-state index contributed by atoms with van der Waals surface area (Å²) in [5.41, 5.74) is 0. The van der Waals surface area contributed by atoms with Gasteiger partial charge in [-0.15, -0.1) is 0 Å². The first kappa shape index (κ1) is 13.4. The largest absolute Gasteiger partial charge is 0.394 e. The second-order valence-electron chi connectivity index (χ2n) is 4.64. The van der Waals surface area contributed by atoms with Crippen molar-refractivity contribution in [2.45, 2.75) is 44.9 Å². The fraction of sp³-hybridized carbons (Fsp3) is 0.909. The molecule has 1 heterocycles. The number of aliphatic hydroxyl groups is 2. The highest BCUT2D eigenvalue weighted by Crippen LogP contribution is 2.18. The standard InChI is InChI=1S/C11H22N2O3/c1-8(2)12-5-10(15)6-13-9(7-14)3-4-11(13)16/h8-10,12,14-15H,3-7H2,1-2H3. The van der Waals surface area contributed by atoms with E-state index in [4.69, 9.17) is 5.11 Å². The topological polar surface area (TPSA) is 72.8 Å². The second kappa shape index (κ2) is 6.18. The lowest BCUT2D eigenvalue weighted by atomic mass is 10.2. The minimum absolute atomic E-state index is 0.0178. The highest BCUT2D eigenvalue weighted by atomic mass is 16.3. The average molecular weight is 230 g/mol. The minimum atomic E-state index is -0.571. The van der Waals surface area contributed by atoms with E-state index in [0.717, 1.165) is 0 Å². The van der Waals surface area contributed by atoms with Crippen LogP contribution in [0.4, 0.5) is 0 Å². The quantitative estimate of drug-likeness (QED) is 0.566. The van der Waals surface area contributed by atoms with E-state index in [1.807, 2.05) is 13.8 Å². The number of rotatable bonds is 6. The number of aliphatic hydroxyl groups excluding tert-OH is 2. The third-order valence-electron chi connectivity index (χ3n) is 2.83. The van der Waals surface area contributed by atoms with Gasteiger partial charge in [-0.05, 0) is 6.42 Å². The maximum Gasteiger partial charge on any atom is 0.223 e. The van der Waals surface area contributed by atoms with Crippen LogP contribution in [0.15, 0.2) is 0 Å². The van der Waals surface area contributed by atoms with E-state index < -0.39 is 6.10 Å². The molecule has 0 bridgehead atoms. The molecule has 0 aliphatic carbocycles. The molecule has 1 aliphatic rings. The lowest BCUT2D eigenvalue weighted by molar-refractivity contribution is -0.130. The maximum atomic E-state index is 11.5. The second-order valence-corrected chi connectivity index (χ2v) is 4.64. The molecule has 0 aromatic carbocycles. The normalized spacial score (nSPS) is 23.2. The molecule has 0 aromatic rings. The van der Waals surface area contributed by atoms with Crippen LogP contribution in [0.1, 0.15) is 26.7 Å². The van der Waals surface area contributed by atoms with Gasteiger partial charge in [0.05, 0.1) is 18.8 Å². The molecule has 16 heavy (non-hydrogen) atoms. The van der Waals surface area contributed by atoms with E-state index >= 15 is 0 Å². The van der Waals surface area contributed by atoms with Gasteiger partial charge in [0, 0.05) is 25.6 Å². The lowest BCUT2D eigenvalue weighted by Gasteiger charge is -2.26. The van der Waals surface area contributed by atoms with Gasteiger partial charge >= 0.3 is 0 Å². The summed E-state index contributed by atoms with van der Waals surface area (Å²) in [4.78, 5) is 13.1. The molecule has 94 valence electrons. The van der Waals surface area contributed by atoms with Crippen molar-refractivity contribution in [3.8, 4) is 0 Å². The summed E-state index contributed by atoms with van der Waals surface area (Å²) in [6, 6.07) is 0.207. The first-order valence-corrected chi connectivity index (χ1v) is 5.86. The van der Waals surface area contributed by atoms with E-state index in [0.29, 0.717) is 32.0 Å². The van der Waals surface area contributed by atoms with E-state index in [1.165, 1.54) is 0 Å². The number of nitrogens with one attached hydrogen (secondary N) is 1. The Bertz CT molecular complexity index is 233. The summed E-state index contributed by atoms with van der Waals surface area (Å²) < 4.78 is 0. The molecule has 1 aliphatic heterocycles. The predicted molar refractivity (Wildman–Crippen MR) is 61.0 cm³/mol. The number of carbonyl (C=O) groups is 1. The van der Waals surface area contributed by atoms with E-state index in [2.05, 4.69) is 5.32 Å². The van der Waals surface area contributed by atoms with Crippen LogP contribution in [0.3, 0.4) is 0 Å². The minimum Gasteiger partial charge on any atom is -0.394 e. The number of amides is 1. The Balaban J connectivity index is 2.36. The van der Waals surface area contributed by atoms with Crippen molar-refractivity contribution in [1.29, 1.82) is 0 Å². The zero-order chi connectivity index (χ0) is 12.1. The SMILES string of the molecule is CC(C)NCC(O)CN1C(=O)CCC1CO. The highest BCUT2D eigenvalue weighted by Gasteiger charge is 2.31. The van der Waals surface area contributed by atoms with Gasteiger partial charge in [0.1, 0.15) is 0 Å². The summed E-state index contributed by atoms with van der Waals surface area (Å²) >= 11 is 0. The van der Waals surface area contributed by atoms with Gasteiger partial charge in [-0.1, -0.05) is 13.8 Å². The molecule has 5 heteroatoms. The molecule has 2 unspecified atom stereocenters. The number of hydrogen-bond donors (Lipinski definition) is 3. The summed E-state index contributed by atoms with van der Waals surface area (Å²) in [5.74, 6) is 0.0302. The van der Waals surface area contributed by atoms with Crippen molar-refractivity contribution in [2.24, 2.45) is 0 Å². The predicted octanol–water partition coefficient (Wildman–Crippen LogP) is -0.671. The summed E-state index contributed by atoms with van der Waals surface area (Å²) in [6.07, 6.45) is 0.605. The van der Waals surface area contributed by atoms with E-state index in [1.54, 1.807) is 4.90 Å². The summed E-state index contributed by atoms with van der Waals surface area (Å²) in [6.45, 7) is 4.77.